The highest BCUT2D eigenvalue weighted by molar-refractivity contribution is 7.91. The van der Waals surface area contributed by atoms with Gasteiger partial charge in [-0.05, 0) is 62.7 Å². The molecule has 0 amide bonds. The van der Waals surface area contributed by atoms with Crippen LogP contribution in [-0.2, 0) is 9.84 Å². The van der Waals surface area contributed by atoms with E-state index in [-0.39, 0.29) is 5.92 Å². The molecule has 24 heavy (non-hydrogen) atoms. The Kier molecular flexibility index (Phi) is 5.73. The summed E-state index contributed by atoms with van der Waals surface area (Å²) >= 11 is 0. The Balaban J connectivity index is 1.51. The molecule has 1 aliphatic heterocycles. The number of guanidine groups is 1. The van der Waals surface area contributed by atoms with Gasteiger partial charge in [0.2, 0.25) is 0 Å². The van der Waals surface area contributed by atoms with Crippen LogP contribution in [-0.4, -0.2) is 44.5 Å². The van der Waals surface area contributed by atoms with Gasteiger partial charge in [0.05, 0.1) is 11.5 Å². The number of hydrogen-bond donors (Lipinski definition) is 2. The Morgan fingerprint density at radius 2 is 1.58 bits per heavy atom. The number of nitrogens with one attached hydrogen (secondary N) is 2. The van der Waals surface area contributed by atoms with Crippen molar-refractivity contribution in [2.45, 2.75) is 70.9 Å². The highest BCUT2D eigenvalue weighted by Gasteiger charge is 2.29. The van der Waals surface area contributed by atoms with E-state index in [1.165, 1.54) is 38.5 Å². The largest absolute Gasteiger partial charge is 0.354 e. The predicted octanol–water partition coefficient (Wildman–Crippen LogP) is 2.33. The number of sulfone groups is 1. The van der Waals surface area contributed by atoms with Gasteiger partial charge in [0.1, 0.15) is 0 Å². The molecule has 2 N–H and O–H groups in total. The zero-order valence-electron chi connectivity index (χ0n) is 15.1. The molecular weight excluding hydrogens is 322 g/mol. The van der Waals surface area contributed by atoms with Crippen LogP contribution in [0.2, 0.25) is 0 Å². The highest BCUT2D eigenvalue weighted by Crippen LogP contribution is 2.30. The molecule has 0 bridgehead atoms. The lowest BCUT2D eigenvalue weighted by atomic mass is 9.80. The predicted molar refractivity (Wildman–Crippen MR) is 98.9 cm³/mol. The van der Waals surface area contributed by atoms with Gasteiger partial charge in [-0.1, -0.05) is 13.8 Å². The third-order valence-electron chi connectivity index (χ3n) is 5.81. The quantitative estimate of drug-likeness (QED) is 0.586. The van der Waals surface area contributed by atoms with Gasteiger partial charge in [-0.3, -0.25) is 4.99 Å². The monoisotopic (exact) mass is 355 g/mol. The molecule has 0 aromatic heterocycles. The first-order valence-corrected chi connectivity index (χ1v) is 11.5. The summed E-state index contributed by atoms with van der Waals surface area (Å²) in [4.78, 5) is 4.73. The first kappa shape index (κ1) is 18.0. The molecule has 0 spiro atoms. The zero-order chi connectivity index (χ0) is 17.2. The van der Waals surface area contributed by atoms with Crippen LogP contribution in [0.25, 0.3) is 0 Å². The van der Waals surface area contributed by atoms with Gasteiger partial charge >= 0.3 is 0 Å². The maximum Gasteiger partial charge on any atom is 0.191 e. The maximum absolute atomic E-state index is 11.6. The summed E-state index contributed by atoms with van der Waals surface area (Å²) in [6.45, 7) is 5.29. The van der Waals surface area contributed by atoms with E-state index in [9.17, 15) is 8.42 Å². The number of nitrogens with zero attached hydrogens (tertiary/aromatic N) is 1. The van der Waals surface area contributed by atoms with E-state index < -0.39 is 9.84 Å². The van der Waals surface area contributed by atoms with Crippen LogP contribution in [0.4, 0.5) is 0 Å². The Bertz CT molecular complexity index is 547. The van der Waals surface area contributed by atoms with Gasteiger partial charge < -0.3 is 10.6 Å². The van der Waals surface area contributed by atoms with E-state index in [0.717, 1.165) is 24.2 Å². The molecule has 1 saturated heterocycles. The number of rotatable bonds is 5. The summed E-state index contributed by atoms with van der Waals surface area (Å²) in [6, 6.07) is 1.08. The highest BCUT2D eigenvalue weighted by atomic mass is 32.2. The maximum atomic E-state index is 11.6. The van der Waals surface area contributed by atoms with E-state index >= 15 is 0 Å². The molecular formula is C18H33N3O2S. The molecule has 1 atom stereocenters. The second-order valence-corrected chi connectivity index (χ2v) is 10.6. The van der Waals surface area contributed by atoms with Crippen LogP contribution in [0.1, 0.15) is 58.8 Å². The van der Waals surface area contributed by atoms with Crippen molar-refractivity contribution in [3.05, 3.63) is 0 Å². The van der Waals surface area contributed by atoms with Crippen molar-refractivity contribution >= 4 is 15.8 Å². The van der Waals surface area contributed by atoms with Crippen LogP contribution in [0, 0.1) is 17.8 Å². The molecule has 1 heterocycles. The minimum absolute atomic E-state index is 0.199. The van der Waals surface area contributed by atoms with Gasteiger partial charge in [0.15, 0.2) is 15.8 Å². The van der Waals surface area contributed by atoms with E-state index in [0.29, 0.717) is 30.1 Å². The van der Waals surface area contributed by atoms with Crippen molar-refractivity contribution in [3.63, 3.8) is 0 Å². The third kappa shape index (κ3) is 5.36. The topological polar surface area (TPSA) is 70.6 Å². The Morgan fingerprint density at radius 3 is 2.04 bits per heavy atom. The second kappa shape index (κ2) is 7.63. The van der Waals surface area contributed by atoms with Crippen LogP contribution in [0.5, 0.6) is 0 Å². The molecule has 6 heteroatoms. The van der Waals surface area contributed by atoms with Crippen LogP contribution < -0.4 is 10.6 Å². The average molecular weight is 356 g/mol. The molecule has 0 aromatic carbocycles. The summed E-state index contributed by atoms with van der Waals surface area (Å²) in [5.41, 5.74) is 0. The fraction of sp³-hybridized carbons (Fsp3) is 0.944. The van der Waals surface area contributed by atoms with Crippen LogP contribution in [0.3, 0.4) is 0 Å². The van der Waals surface area contributed by atoms with Crippen LogP contribution in [0.15, 0.2) is 4.99 Å². The molecule has 3 rings (SSSR count). The SMILES string of the molecule is CC(C)C1CCC(NC(=NCC2CCS(=O)(=O)C2)NC2CC2)CC1. The molecule has 3 fully saturated rings. The standard InChI is InChI=1S/C18H33N3O2S/c1-13(2)15-3-5-16(6-4-15)20-18(21-17-7-8-17)19-11-14-9-10-24(22,23)12-14/h13-17H,3-12H2,1-2H3,(H2,19,20,21). The van der Waals surface area contributed by atoms with Crippen molar-refractivity contribution in [2.75, 3.05) is 18.1 Å². The smallest absolute Gasteiger partial charge is 0.191 e. The molecule has 138 valence electrons. The normalized spacial score (nSPS) is 33.6. The first-order chi connectivity index (χ1) is 11.4. The second-order valence-electron chi connectivity index (χ2n) is 8.38. The van der Waals surface area contributed by atoms with Gasteiger partial charge in [-0.25, -0.2) is 8.42 Å². The number of aliphatic imine (C=N–C) groups is 1. The van der Waals surface area contributed by atoms with Gasteiger partial charge in [0, 0.05) is 18.6 Å². The Morgan fingerprint density at radius 1 is 1.00 bits per heavy atom. The van der Waals surface area contributed by atoms with Crippen LogP contribution >= 0.6 is 0 Å². The van der Waals surface area contributed by atoms with Crippen molar-refractivity contribution in [1.29, 1.82) is 0 Å². The third-order valence-corrected chi connectivity index (χ3v) is 7.65. The summed E-state index contributed by atoms with van der Waals surface area (Å²) in [7, 11) is -2.81. The lowest BCUT2D eigenvalue weighted by molar-refractivity contribution is 0.250. The van der Waals surface area contributed by atoms with Crippen molar-refractivity contribution in [1.82, 2.24) is 10.6 Å². The van der Waals surface area contributed by atoms with Gasteiger partial charge in [-0.15, -0.1) is 0 Å². The van der Waals surface area contributed by atoms with E-state index in [1.807, 2.05) is 0 Å². The van der Waals surface area contributed by atoms with E-state index in [1.54, 1.807) is 0 Å². The summed E-state index contributed by atoms with van der Waals surface area (Å²) in [5, 5.41) is 7.13. The summed E-state index contributed by atoms with van der Waals surface area (Å²) in [5.74, 6) is 3.41. The van der Waals surface area contributed by atoms with E-state index in [4.69, 9.17) is 4.99 Å². The summed E-state index contributed by atoms with van der Waals surface area (Å²) in [6.07, 6.45) is 8.23. The van der Waals surface area contributed by atoms with Crippen molar-refractivity contribution in [2.24, 2.45) is 22.7 Å². The molecule has 2 saturated carbocycles. The minimum atomic E-state index is -2.81. The minimum Gasteiger partial charge on any atom is -0.354 e. The fourth-order valence-electron chi connectivity index (χ4n) is 3.91. The average Bonchev–Trinajstić information content (AvgIpc) is 3.27. The zero-order valence-corrected chi connectivity index (χ0v) is 15.9. The first-order valence-electron chi connectivity index (χ1n) is 9.69. The molecule has 1 unspecified atom stereocenters. The number of hydrogen-bond acceptors (Lipinski definition) is 3. The lowest BCUT2D eigenvalue weighted by Gasteiger charge is -2.32. The molecule has 0 aromatic rings. The van der Waals surface area contributed by atoms with Gasteiger partial charge in [-0.2, -0.15) is 0 Å². The Labute approximate surface area is 147 Å². The van der Waals surface area contributed by atoms with E-state index in [2.05, 4.69) is 24.5 Å². The Hall–Kier alpha value is -0.780. The fourth-order valence-corrected chi connectivity index (χ4v) is 5.76. The van der Waals surface area contributed by atoms with Crippen molar-refractivity contribution in [3.8, 4) is 0 Å². The molecule has 2 aliphatic carbocycles. The summed E-state index contributed by atoms with van der Waals surface area (Å²) < 4.78 is 23.2. The van der Waals surface area contributed by atoms with Crippen molar-refractivity contribution < 1.29 is 8.42 Å². The lowest BCUT2D eigenvalue weighted by Crippen LogP contribution is -2.46. The molecule has 0 radical (unpaired) electrons. The molecule has 3 aliphatic rings. The molecule has 5 nitrogen and oxygen atoms in total. The van der Waals surface area contributed by atoms with Gasteiger partial charge in [0.25, 0.3) is 0 Å².